The van der Waals surface area contributed by atoms with Crippen LogP contribution in [0.3, 0.4) is 0 Å². The molecular formula is C19H28ClN. The van der Waals surface area contributed by atoms with Crippen molar-refractivity contribution in [1.82, 2.24) is 5.32 Å². The monoisotopic (exact) mass is 305 g/mol. The fourth-order valence-corrected chi connectivity index (χ4v) is 4.25. The zero-order valence-electron chi connectivity index (χ0n) is 13.2. The number of rotatable bonds is 5. The Labute approximate surface area is 134 Å². The summed E-state index contributed by atoms with van der Waals surface area (Å²) in [4.78, 5) is 0. The molecule has 2 saturated carbocycles. The lowest BCUT2D eigenvalue weighted by Crippen LogP contribution is -2.46. The molecule has 2 heteroatoms. The molecule has 2 aliphatic rings. The van der Waals surface area contributed by atoms with Crippen LogP contribution in [0, 0.1) is 5.92 Å². The van der Waals surface area contributed by atoms with Crippen LogP contribution < -0.4 is 5.32 Å². The molecule has 116 valence electrons. The maximum atomic E-state index is 5.96. The van der Waals surface area contributed by atoms with Crippen molar-refractivity contribution in [2.75, 3.05) is 0 Å². The third-order valence-electron chi connectivity index (χ3n) is 5.49. The second-order valence-corrected chi connectivity index (χ2v) is 7.53. The van der Waals surface area contributed by atoms with Gasteiger partial charge in [0.05, 0.1) is 0 Å². The van der Waals surface area contributed by atoms with E-state index in [-0.39, 0.29) is 0 Å². The van der Waals surface area contributed by atoms with E-state index in [1.165, 1.54) is 56.9 Å². The molecule has 0 aliphatic heterocycles. The van der Waals surface area contributed by atoms with Crippen molar-refractivity contribution in [3.63, 3.8) is 0 Å². The van der Waals surface area contributed by atoms with Crippen molar-refractivity contribution in [2.24, 2.45) is 5.92 Å². The predicted octanol–water partition coefficient (Wildman–Crippen LogP) is 5.53. The van der Waals surface area contributed by atoms with Crippen molar-refractivity contribution in [1.29, 1.82) is 0 Å². The standard InChI is InChI=1S/C19H28ClN/c1-2-3-14-4-10-18(11-5-14)21-19-12-16(13-19)15-6-8-17(20)9-7-15/h6-9,14,16,18-19,21H,2-5,10-13H2,1H3. The molecule has 0 unspecified atom stereocenters. The van der Waals surface area contributed by atoms with Crippen molar-refractivity contribution in [3.05, 3.63) is 34.9 Å². The van der Waals surface area contributed by atoms with Gasteiger partial charge in [0.1, 0.15) is 0 Å². The summed E-state index contributed by atoms with van der Waals surface area (Å²) >= 11 is 5.96. The molecule has 2 aliphatic carbocycles. The first kappa shape index (κ1) is 15.4. The zero-order valence-corrected chi connectivity index (χ0v) is 13.9. The minimum Gasteiger partial charge on any atom is -0.311 e. The van der Waals surface area contributed by atoms with E-state index in [1.54, 1.807) is 0 Å². The fourth-order valence-electron chi connectivity index (χ4n) is 4.12. The number of hydrogen-bond acceptors (Lipinski definition) is 1. The van der Waals surface area contributed by atoms with E-state index >= 15 is 0 Å². The van der Waals surface area contributed by atoms with Crippen molar-refractivity contribution < 1.29 is 0 Å². The predicted molar refractivity (Wildman–Crippen MR) is 91.0 cm³/mol. The second-order valence-electron chi connectivity index (χ2n) is 7.09. The highest BCUT2D eigenvalue weighted by atomic mass is 35.5. The van der Waals surface area contributed by atoms with Gasteiger partial charge >= 0.3 is 0 Å². The summed E-state index contributed by atoms with van der Waals surface area (Å²) in [5.41, 5.74) is 1.46. The van der Waals surface area contributed by atoms with Gasteiger partial charge in [-0.2, -0.15) is 0 Å². The van der Waals surface area contributed by atoms with E-state index < -0.39 is 0 Å². The summed E-state index contributed by atoms with van der Waals surface area (Å²) in [6.45, 7) is 2.32. The number of nitrogens with one attached hydrogen (secondary N) is 1. The Kier molecular flexibility index (Phi) is 5.24. The van der Waals surface area contributed by atoms with Crippen LogP contribution in [-0.4, -0.2) is 12.1 Å². The maximum absolute atomic E-state index is 5.96. The van der Waals surface area contributed by atoms with Crippen molar-refractivity contribution in [2.45, 2.75) is 76.3 Å². The van der Waals surface area contributed by atoms with Gasteiger partial charge in [-0.25, -0.2) is 0 Å². The van der Waals surface area contributed by atoms with Crippen LogP contribution in [0.25, 0.3) is 0 Å². The Morgan fingerprint density at radius 3 is 2.29 bits per heavy atom. The van der Waals surface area contributed by atoms with Crippen molar-refractivity contribution >= 4 is 11.6 Å². The Balaban J connectivity index is 1.38. The Hall–Kier alpha value is -0.530. The van der Waals surface area contributed by atoms with Gasteiger partial charge in [-0.05, 0) is 68.1 Å². The quantitative estimate of drug-likeness (QED) is 0.753. The lowest BCUT2D eigenvalue weighted by atomic mass is 9.75. The minimum absolute atomic E-state index is 0.746. The van der Waals surface area contributed by atoms with Gasteiger partial charge in [-0.3, -0.25) is 0 Å². The van der Waals surface area contributed by atoms with Gasteiger partial charge < -0.3 is 5.32 Å². The highest BCUT2D eigenvalue weighted by Gasteiger charge is 2.32. The van der Waals surface area contributed by atoms with E-state index in [0.29, 0.717) is 0 Å². The fraction of sp³-hybridized carbons (Fsp3) is 0.684. The number of halogens is 1. The van der Waals surface area contributed by atoms with Gasteiger partial charge in [0.15, 0.2) is 0 Å². The average molecular weight is 306 g/mol. The first-order chi connectivity index (χ1) is 10.2. The summed E-state index contributed by atoms with van der Waals surface area (Å²) in [5, 5.41) is 4.75. The van der Waals surface area contributed by atoms with Gasteiger partial charge in [-0.1, -0.05) is 43.5 Å². The molecule has 0 saturated heterocycles. The molecule has 0 spiro atoms. The SMILES string of the molecule is CCCC1CCC(NC2CC(c3ccc(Cl)cc3)C2)CC1. The largest absolute Gasteiger partial charge is 0.311 e. The molecule has 1 aromatic carbocycles. The van der Waals surface area contributed by atoms with E-state index in [2.05, 4.69) is 24.4 Å². The molecule has 1 aromatic rings. The lowest BCUT2D eigenvalue weighted by Gasteiger charge is -2.40. The molecule has 2 fully saturated rings. The Bertz CT molecular complexity index is 427. The minimum atomic E-state index is 0.746. The molecule has 1 nitrogen and oxygen atoms in total. The maximum Gasteiger partial charge on any atom is 0.0406 e. The third kappa shape index (κ3) is 4.02. The normalized spacial score (nSPS) is 32.7. The lowest BCUT2D eigenvalue weighted by molar-refractivity contribution is 0.212. The molecular weight excluding hydrogens is 278 g/mol. The number of hydrogen-bond donors (Lipinski definition) is 1. The van der Waals surface area contributed by atoms with E-state index in [1.807, 2.05) is 12.1 Å². The smallest absolute Gasteiger partial charge is 0.0406 e. The van der Waals surface area contributed by atoms with Crippen LogP contribution in [0.2, 0.25) is 5.02 Å². The van der Waals surface area contributed by atoms with Gasteiger partial charge in [0.25, 0.3) is 0 Å². The van der Waals surface area contributed by atoms with E-state index in [0.717, 1.165) is 28.9 Å². The molecule has 0 amide bonds. The van der Waals surface area contributed by atoms with E-state index in [4.69, 9.17) is 11.6 Å². The zero-order chi connectivity index (χ0) is 14.7. The van der Waals surface area contributed by atoms with E-state index in [9.17, 15) is 0 Å². The number of benzene rings is 1. The van der Waals surface area contributed by atoms with Gasteiger partial charge in [0, 0.05) is 17.1 Å². The molecule has 0 heterocycles. The first-order valence-corrected chi connectivity index (χ1v) is 9.14. The van der Waals surface area contributed by atoms with Crippen molar-refractivity contribution in [3.8, 4) is 0 Å². The van der Waals surface area contributed by atoms with Crippen LogP contribution in [0.1, 0.15) is 69.8 Å². The molecule has 1 N–H and O–H groups in total. The average Bonchev–Trinajstić information content (AvgIpc) is 2.46. The van der Waals surface area contributed by atoms with Crippen LogP contribution in [0.5, 0.6) is 0 Å². The summed E-state index contributed by atoms with van der Waals surface area (Å²) in [7, 11) is 0. The first-order valence-electron chi connectivity index (χ1n) is 8.76. The molecule has 0 bridgehead atoms. The Morgan fingerprint density at radius 1 is 1.00 bits per heavy atom. The molecule has 3 rings (SSSR count). The van der Waals surface area contributed by atoms with Crippen LogP contribution in [0.15, 0.2) is 24.3 Å². The highest BCUT2D eigenvalue weighted by Crippen LogP contribution is 2.38. The topological polar surface area (TPSA) is 12.0 Å². The molecule has 21 heavy (non-hydrogen) atoms. The summed E-state index contributed by atoms with van der Waals surface area (Å²) in [6, 6.07) is 9.96. The van der Waals surface area contributed by atoms with Crippen LogP contribution in [0.4, 0.5) is 0 Å². The Morgan fingerprint density at radius 2 is 1.67 bits per heavy atom. The summed E-state index contributed by atoms with van der Waals surface area (Å²) in [6.07, 6.45) is 11.1. The van der Waals surface area contributed by atoms with Gasteiger partial charge in [0.2, 0.25) is 0 Å². The summed E-state index contributed by atoms with van der Waals surface area (Å²) < 4.78 is 0. The molecule has 0 radical (unpaired) electrons. The summed E-state index contributed by atoms with van der Waals surface area (Å²) in [5.74, 6) is 1.76. The molecule has 0 atom stereocenters. The van der Waals surface area contributed by atoms with Gasteiger partial charge in [-0.15, -0.1) is 0 Å². The van der Waals surface area contributed by atoms with Crippen LogP contribution in [-0.2, 0) is 0 Å². The third-order valence-corrected chi connectivity index (χ3v) is 5.75. The highest BCUT2D eigenvalue weighted by molar-refractivity contribution is 6.30. The molecule has 0 aromatic heterocycles. The van der Waals surface area contributed by atoms with Crippen LogP contribution >= 0.6 is 11.6 Å². The second kappa shape index (κ2) is 7.15.